The lowest BCUT2D eigenvalue weighted by atomic mass is 10.1. The zero-order chi connectivity index (χ0) is 17.5. The Morgan fingerprint density at radius 2 is 2.08 bits per heavy atom. The Labute approximate surface area is 150 Å². The van der Waals surface area contributed by atoms with Crippen LogP contribution in [0.15, 0.2) is 16.7 Å². The van der Waals surface area contributed by atoms with E-state index in [1.165, 1.54) is 0 Å². The number of amides is 2. The third-order valence-electron chi connectivity index (χ3n) is 4.23. The Morgan fingerprint density at radius 3 is 2.79 bits per heavy atom. The maximum Gasteiger partial charge on any atom is 0.410 e. The summed E-state index contributed by atoms with van der Waals surface area (Å²) >= 11 is 3.41. The Morgan fingerprint density at radius 1 is 1.33 bits per heavy atom. The van der Waals surface area contributed by atoms with Gasteiger partial charge in [-0.1, -0.05) is 0 Å². The molecule has 0 N–H and O–H groups in total. The predicted molar refractivity (Wildman–Crippen MR) is 93.9 cm³/mol. The monoisotopic (exact) mass is 395 g/mol. The summed E-state index contributed by atoms with van der Waals surface area (Å²) in [7, 11) is 0. The van der Waals surface area contributed by atoms with Gasteiger partial charge in [-0.2, -0.15) is 0 Å². The summed E-state index contributed by atoms with van der Waals surface area (Å²) in [6.07, 6.45) is 2.85. The summed E-state index contributed by atoms with van der Waals surface area (Å²) in [5.74, 6) is 0.613. The molecule has 2 aliphatic rings. The van der Waals surface area contributed by atoms with E-state index in [0.29, 0.717) is 26.1 Å². The molecule has 3 heterocycles. The first-order chi connectivity index (χ1) is 11.2. The SMILES string of the molecule is CC(C)(C)OC(=O)N1CC[C@H](C(=O)N2CCc3cc(Br)cnc32)C1. The molecule has 0 spiro atoms. The zero-order valence-corrected chi connectivity index (χ0v) is 15.8. The summed E-state index contributed by atoms with van der Waals surface area (Å²) in [4.78, 5) is 32.8. The number of pyridine rings is 1. The average Bonchev–Trinajstić information content (AvgIpc) is 3.11. The van der Waals surface area contributed by atoms with E-state index in [4.69, 9.17) is 4.74 Å². The number of aromatic nitrogens is 1. The number of likely N-dealkylation sites (tertiary alicyclic amines) is 1. The minimum atomic E-state index is -0.523. The van der Waals surface area contributed by atoms with Crippen LogP contribution in [-0.2, 0) is 16.0 Å². The van der Waals surface area contributed by atoms with Crippen molar-refractivity contribution in [1.29, 1.82) is 0 Å². The van der Waals surface area contributed by atoms with Gasteiger partial charge in [0.2, 0.25) is 5.91 Å². The molecule has 1 aromatic rings. The standard InChI is InChI=1S/C17H22BrN3O3/c1-17(2,3)24-16(23)20-6-4-12(10-20)15(22)21-7-5-11-8-13(18)9-19-14(11)21/h8-9,12H,4-7,10H2,1-3H3/t12-/m0/s1. The van der Waals surface area contributed by atoms with Gasteiger partial charge in [0.1, 0.15) is 11.4 Å². The van der Waals surface area contributed by atoms with Crippen LogP contribution in [0.25, 0.3) is 0 Å². The lowest BCUT2D eigenvalue weighted by molar-refractivity contribution is -0.121. The van der Waals surface area contributed by atoms with Crippen molar-refractivity contribution >= 4 is 33.7 Å². The van der Waals surface area contributed by atoms with Gasteiger partial charge in [0, 0.05) is 30.3 Å². The molecule has 2 aliphatic heterocycles. The second kappa shape index (κ2) is 6.35. The highest BCUT2D eigenvalue weighted by molar-refractivity contribution is 9.10. The summed E-state index contributed by atoms with van der Waals surface area (Å²) in [6, 6.07) is 2.01. The van der Waals surface area contributed by atoms with Gasteiger partial charge in [-0.25, -0.2) is 9.78 Å². The molecule has 0 saturated carbocycles. The van der Waals surface area contributed by atoms with E-state index >= 15 is 0 Å². The molecule has 130 valence electrons. The number of carbonyl (C=O) groups is 2. The van der Waals surface area contributed by atoms with Gasteiger partial charge in [-0.05, 0) is 61.2 Å². The first kappa shape index (κ1) is 17.2. The van der Waals surface area contributed by atoms with E-state index in [-0.39, 0.29) is 17.9 Å². The Kier molecular flexibility index (Phi) is 4.55. The second-order valence-electron chi connectivity index (χ2n) is 7.29. The molecule has 0 radical (unpaired) electrons. The molecular weight excluding hydrogens is 374 g/mol. The van der Waals surface area contributed by atoms with Gasteiger partial charge >= 0.3 is 6.09 Å². The van der Waals surface area contributed by atoms with E-state index in [0.717, 1.165) is 22.3 Å². The van der Waals surface area contributed by atoms with Crippen LogP contribution in [-0.4, -0.2) is 47.1 Å². The largest absolute Gasteiger partial charge is 0.444 e. The molecule has 2 amide bonds. The van der Waals surface area contributed by atoms with Crippen molar-refractivity contribution in [1.82, 2.24) is 9.88 Å². The number of ether oxygens (including phenoxy) is 1. The second-order valence-corrected chi connectivity index (χ2v) is 8.20. The highest BCUT2D eigenvalue weighted by atomic mass is 79.9. The van der Waals surface area contributed by atoms with Crippen molar-refractivity contribution in [2.45, 2.75) is 39.2 Å². The number of rotatable bonds is 1. The molecule has 0 aromatic carbocycles. The fourth-order valence-corrected chi connectivity index (χ4v) is 3.51. The molecule has 6 nitrogen and oxygen atoms in total. The third-order valence-corrected chi connectivity index (χ3v) is 4.66. The van der Waals surface area contributed by atoms with Crippen molar-refractivity contribution in [2.24, 2.45) is 5.92 Å². The molecule has 1 fully saturated rings. The molecule has 1 atom stereocenters. The van der Waals surface area contributed by atoms with Gasteiger partial charge in [-0.3, -0.25) is 9.69 Å². The summed E-state index contributed by atoms with van der Waals surface area (Å²) in [6.45, 7) is 7.15. The van der Waals surface area contributed by atoms with Gasteiger partial charge in [0.25, 0.3) is 0 Å². The number of hydrogen-bond donors (Lipinski definition) is 0. The molecular formula is C17H22BrN3O3. The first-order valence-corrected chi connectivity index (χ1v) is 8.97. The molecule has 3 rings (SSSR count). The Hall–Kier alpha value is -1.63. The smallest absolute Gasteiger partial charge is 0.410 e. The Bertz CT molecular complexity index is 672. The summed E-state index contributed by atoms with van der Waals surface area (Å²) in [5, 5.41) is 0. The van der Waals surface area contributed by atoms with E-state index in [2.05, 4.69) is 20.9 Å². The maximum atomic E-state index is 12.8. The van der Waals surface area contributed by atoms with Gasteiger partial charge < -0.3 is 9.64 Å². The average molecular weight is 396 g/mol. The van der Waals surface area contributed by atoms with Gasteiger partial charge in [0.15, 0.2) is 0 Å². The quantitative estimate of drug-likeness (QED) is 0.732. The highest BCUT2D eigenvalue weighted by Crippen LogP contribution is 2.31. The number of anilines is 1. The molecule has 24 heavy (non-hydrogen) atoms. The maximum absolute atomic E-state index is 12.8. The minimum Gasteiger partial charge on any atom is -0.444 e. The van der Waals surface area contributed by atoms with E-state index in [9.17, 15) is 9.59 Å². The number of fused-ring (bicyclic) bond motifs is 1. The number of halogens is 1. The summed E-state index contributed by atoms with van der Waals surface area (Å²) < 4.78 is 6.31. The van der Waals surface area contributed by atoms with Crippen molar-refractivity contribution in [3.8, 4) is 0 Å². The van der Waals surface area contributed by atoms with E-state index < -0.39 is 5.60 Å². The van der Waals surface area contributed by atoms with Crippen molar-refractivity contribution in [3.63, 3.8) is 0 Å². The van der Waals surface area contributed by atoms with Crippen LogP contribution in [0.5, 0.6) is 0 Å². The molecule has 1 saturated heterocycles. The van der Waals surface area contributed by atoms with Crippen molar-refractivity contribution < 1.29 is 14.3 Å². The highest BCUT2D eigenvalue weighted by Gasteiger charge is 2.37. The first-order valence-electron chi connectivity index (χ1n) is 8.18. The van der Waals surface area contributed by atoms with Crippen LogP contribution in [0, 0.1) is 5.92 Å². The normalized spacial score (nSPS) is 20.2. The van der Waals surface area contributed by atoms with Crippen LogP contribution in [0.1, 0.15) is 32.8 Å². The fraction of sp³-hybridized carbons (Fsp3) is 0.588. The predicted octanol–water partition coefficient (Wildman–Crippen LogP) is 2.99. The minimum absolute atomic E-state index is 0.0506. The molecule has 0 unspecified atom stereocenters. The summed E-state index contributed by atoms with van der Waals surface area (Å²) in [5.41, 5.74) is 0.560. The molecule has 0 bridgehead atoms. The number of hydrogen-bond acceptors (Lipinski definition) is 4. The number of nitrogens with zero attached hydrogens (tertiary/aromatic N) is 3. The van der Waals surface area contributed by atoms with Crippen LogP contribution < -0.4 is 4.90 Å². The van der Waals surface area contributed by atoms with Crippen LogP contribution in [0.2, 0.25) is 0 Å². The van der Waals surface area contributed by atoms with E-state index in [1.807, 2.05) is 26.8 Å². The van der Waals surface area contributed by atoms with Crippen LogP contribution in [0.3, 0.4) is 0 Å². The van der Waals surface area contributed by atoms with Crippen LogP contribution in [0.4, 0.5) is 10.6 Å². The van der Waals surface area contributed by atoms with E-state index in [1.54, 1.807) is 16.0 Å². The van der Waals surface area contributed by atoms with Crippen LogP contribution >= 0.6 is 15.9 Å². The topological polar surface area (TPSA) is 62.7 Å². The number of carbonyl (C=O) groups excluding carboxylic acids is 2. The Balaban J connectivity index is 1.65. The fourth-order valence-electron chi connectivity index (χ4n) is 3.13. The van der Waals surface area contributed by atoms with Gasteiger partial charge in [0.05, 0.1) is 5.92 Å². The van der Waals surface area contributed by atoms with Crippen molar-refractivity contribution in [2.75, 3.05) is 24.5 Å². The lowest BCUT2D eigenvalue weighted by Gasteiger charge is -2.25. The van der Waals surface area contributed by atoms with Gasteiger partial charge in [-0.15, -0.1) is 0 Å². The molecule has 7 heteroatoms. The lowest BCUT2D eigenvalue weighted by Crippen LogP contribution is -2.39. The third kappa shape index (κ3) is 3.55. The molecule has 0 aliphatic carbocycles. The van der Waals surface area contributed by atoms with Crippen molar-refractivity contribution in [3.05, 3.63) is 22.3 Å². The zero-order valence-electron chi connectivity index (χ0n) is 14.2. The molecule has 1 aromatic heterocycles.